The molecule has 2 N–H and O–H groups in total. The Kier molecular flexibility index (Phi) is 3.98. The Morgan fingerprint density at radius 3 is 2.80 bits per heavy atom. The Morgan fingerprint density at radius 1 is 1.55 bits per heavy atom. The minimum Gasteiger partial charge on any atom is -0.387 e. The van der Waals surface area contributed by atoms with E-state index < -0.39 is 5.60 Å². The Bertz CT molecular complexity index is 507. The highest BCUT2D eigenvalue weighted by molar-refractivity contribution is 5.39. The predicted octanol–water partition coefficient (Wildman–Crippen LogP) is 1.93. The second-order valence-corrected chi connectivity index (χ2v) is 5.80. The van der Waals surface area contributed by atoms with Crippen molar-refractivity contribution in [3.8, 4) is 6.07 Å². The Hall–Kier alpha value is -1.64. The number of nitrogens with one attached hydrogen (secondary N) is 1. The molecule has 5 nitrogen and oxygen atoms in total. The molecule has 0 aromatic carbocycles. The first kappa shape index (κ1) is 14.8. The Morgan fingerprint density at radius 2 is 2.30 bits per heavy atom. The van der Waals surface area contributed by atoms with Crippen LogP contribution in [0, 0.1) is 16.7 Å². The summed E-state index contributed by atoms with van der Waals surface area (Å²) in [6, 6.07) is 5.47. The monoisotopic (exact) mass is 275 g/mol. The maximum Gasteiger partial charge on any atom is 0.126 e. The molecule has 0 radical (unpaired) electrons. The van der Waals surface area contributed by atoms with E-state index in [1.54, 1.807) is 12.1 Å². The standard InChI is InChI=1S/C15H21N3O2/c1-4-20-12-7-15(19,14(12,2)3)10-18-13-6-5-11(8-16)9-17-13/h5-6,9,12,19H,4,7,10H2,1-3H3,(H,17,18). The summed E-state index contributed by atoms with van der Waals surface area (Å²) in [4.78, 5) is 4.14. The van der Waals surface area contributed by atoms with E-state index in [9.17, 15) is 5.11 Å². The summed E-state index contributed by atoms with van der Waals surface area (Å²) in [6.45, 7) is 7.08. The average Bonchev–Trinajstić information content (AvgIpc) is 2.45. The zero-order chi connectivity index (χ0) is 14.8. The highest BCUT2D eigenvalue weighted by Gasteiger charge is 2.59. The van der Waals surface area contributed by atoms with Crippen molar-refractivity contribution < 1.29 is 9.84 Å². The largest absolute Gasteiger partial charge is 0.387 e. The molecule has 1 heterocycles. The zero-order valence-corrected chi connectivity index (χ0v) is 12.2. The molecule has 0 spiro atoms. The molecular formula is C15H21N3O2. The molecule has 1 saturated carbocycles. The fourth-order valence-corrected chi connectivity index (χ4v) is 2.56. The molecule has 20 heavy (non-hydrogen) atoms. The molecule has 108 valence electrons. The van der Waals surface area contributed by atoms with Gasteiger partial charge in [-0.05, 0) is 19.1 Å². The summed E-state index contributed by atoms with van der Waals surface area (Å²) in [7, 11) is 0. The van der Waals surface area contributed by atoms with E-state index in [0.717, 1.165) is 0 Å². The third-order valence-corrected chi connectivity index (χ3v) is 4.35. The van der Waals surface area contributed by atoms with Gasteiger partial charge in [0.25, 0.3) is 0 Å². The highest BCUT2D eigenvalue weighted by Crippen LogP contribution is 2.51. The average molecular weight is 275 g/mol. The number of anilines is 1. The summed E-state index contributed by atoms with van der Waals surface area (Å²) in [5.41, 5.74) is -0.569. The van der Waals surface area contributed by atoms with Gasteiger partial charge in [-0.3, -0.25) is 0 Å². The van der Waals surface area contributed by atoms with Crippen LogP contribution < -0.4 is 5.32 Å². The van der Waals surface area contributed by atoms with Gasteiger partial charge in [-0.15, -0.1) is 0 Å². The van der Waals surface area contributed by atoms with Crippen molar-refractivity contribution in [1.29, 1.82) is 5.26 Å². The number of hydrogen-bond donors (Lipinski definition) is 2. The fourth-order valence-electron chi connectivity index (χ4n) is 2.56. The lowest BCUT2D eigenvalue weighted by Crippen LogP contribution is -2.67. The van der Waals surface area contributed by atoms with Crippen LogP contribution in [0.5, 0.6) is 0 Å². The van der Waals surface area contributed by atoms with Crippen molar-refractivity contribution in [1.82, 2.24) is 4.98 Å². The van der Waals surface area contributed by atoms with E-state index in [1.165, 1.54) is 6.20 Å². The number of nitrogens with zero attached hydrogens (tertiary/aromatic N) is 2. The van der Waals surface area contributed by atoms with Gasteiger partial charge in [-0.1, -0.05) is 13.8 Å². The smallest absolute Gasteiger partial charge is 0.126 e. The van der Waals surface area contributed by atoms with Crippen LogP contribution in [0.3, 0.4) is 0 Å². The summed E-state index contributed by atoms with van der Waals surface area (Å²) in [5, 5.41) is 22.5. The van der Waals surface area contributed by atoms with E-state index >= 15 is 0 Å². The molecule has 1 aromatic rings. The van der Waals surface area contributed by atoms with E-state index in [-0.39, 0.29) is 11.5 Å². The number of pyridine rings is 1. The first-order valence-electron chi connectivity index (χ1n) is 6.87. The minimum absolute atomic E-state index is 0.0909. The number of rotatable bonds is 5. The van der Waals surface area contributed by atoms with Crippen molar-refractivity contribution >= 4 is 5.82 Å². The van der Waals surface area contributed by atoms with Gasteiger partial charge >= 0.3 is 0 Å². The Balaban J connectivity index is 1.95. The topological polar surface area (TPSA) is 78.2 Å². The molecule has 1 aliphatic carbocycles. The van der Waals surface area contributed by atoms with Crippen LogP contribution in [-0.4, -0.2) is 34.9 Å². The van der Waals surface area contributed by atoms with Crippen LogP contribution in [0.15, 0.2) is 18.3 Å². The number of hydrogen-bond acceptors (Lipinski definition) is 5. The van der Waals surface area contributed by atoms with Gasteiger partial charge in [-0.25, -0.2) is 4.98 Å². The molecule has 0 bridgehead atoms. The normalized spacial score (nSPS) is 27.4. The quantitative estimate of drug-likeness (QED) is 0.858. The van der Waals surface area contributed by atoms with Gasteiger partial charge in [0.1, 0.15) is 11.9 Å². The van der Waals surface area contributed by atoms with Crippen molar-refractivity contribution in [2.75, 3.05) is 18.5 Å². The van der Waals surface area contributed by atoms with Crippen LogP contribution in [0.1, 0.15) is 32.8 Å². The highest BCUT2D eigenvalue weighted by atomic mass is 16.5. The molecule has 5 heteroatoms. The molecule has 2 unspecified atom stereocenters. The SMILES string of the molecule is CCOC1CC(O)(CNc2ccc(C#N)cn2)C1(C)C. The summed E-state index contributed by atoms with van der Waals surface area (Å²) in [5.74, 6) is 0.660. The summed E-state index contributed by atoms with van der Waals surface area (Å²) in [6.07, 6.45) is 2.23. The van der Waals surface area contributed by atoms with E-state index in [1.807, 2.05) is 26.8 Å². The molecule has 0 amide bonds. The maximum atomic E-state index is 10.7. The van der Waals surface area contributed by atoms with E-state index in [4.69, 9.17) is 10.00 Å². The predicted molar refractivity (Wildman–Crippen MR) is 76.2 cm³/mol. The second-order valence-electron chi connectivity index (χ2n) is 5.80. The third kappa shape index (κ3) is 2.49. The van der Waals surface area contributed by atoms with Crippen LogP contribution in [0.25, 0.3) is 0 Å². The fraction of sp³-hybridized carbons (Fsp3) is 0.600. The van der Waals surface area contributed by atoms with Crippen molar-refractivity contribution in [2.24, 2.45) is 5.41 Å². The number of aliphatic hydroxyl groups is 1. The first-order valence-corrected chi connectivity index (χ1v) is 6.87. The van der Waals surface area contributed by atoms with E-state index in [0.29, 0.717) is 31.0 Å². The van der Waals surface area contributed by atoms with Gasteiger partial charge in [0.15, 0.2) is 0 Å². The van der Waals surface area contributed by atoms with Gasteiger partial charge in [0.05, 0.1) is 17.3 Å². The molecule has 0 aliphatic heterocycles. The molecule has 1 aliphatic rings. The van der Waals surface area contributed by atoms with Crippen molar-refractivity contribution in [2.45, 2.75) is 38.9 Å². The first-order chi connectivity index (χ1) is 9.43. The van der Waals surface area contributed by atoms with Gasteiger partial charge in [-0.2, -0.15) is 5.26 Å². The molecule has 1 fully saturated rings. The maximum absolute atomic E-state index is 10.7. The van der Waals surface area contributed by atoms with Gasteiger partial charge in [0, 0.05) is 31.2 Å². The third-order valence-electron chi connectivity index (χ3n) is 4.35. The lowest BCUT2D eigenvalue weighted by molar-refractivity contribution is -0.233. The molecular weight excluding hydrogens is 254 g/mol. The number of ether oxygens (including phenoxy) is 1. The molecule has 2 rings (SSSR count). The summed E-state index contributed by atoms with van der Waals surface area (Å²) >= 11 is 0. The molecule has 0 saturated heterocycles. The summed E-state index contributed by atoms with van der Waals surface area (Å²) < 4.78 is 5.63. The van der Waals surface area contributed by atoms with Crippen LogP contribution in [0.4, 0.5) is 5.82 Å². The van der Waals surface area contributed by atoms with Crippen LogP contribution in [0.2, 0.25) is 0 Å². The second kappa shape index (κ2) is 5.39. The number of aromatic nitrogens is 1. The minimum atomic E-state index is -0.803. The van der Waals surface area contributed by atoms with Crippen molar-refractivity contribution in [3.05, 3.63) is 23.9 Å². The van der Waals surface area contributed by atoms with Crippen LogP contribution in [-0.2, 0) is 4.74 Å². The zero-order valence-electron chi connectivity index (χ0n) is 12.2. The van der Waals surface area contributed by atoms with Crippen molar-refractivity contribution in [3.63, 3.8) is 0 Å². The van der Waals surface area contributed by atoms with Gasteiger partial charge < -0.3 is 15.2 Å². The van der Waals surface area contributed by atoms with Crippen LogP contribution >= 0.6 is 0 Å². The van der Waals surface area contributed by atoms with Gasteiger partial charge in [0.2, 0.25) is 0 Å². The molecule has 1 aromatic heterocycles. The number of nitriles is 1. The Labute approximate surface area is 119 Å². The lowest BCUT2D eigenvalue weighted by Gasteiger charge is -2.58. The van der Waals surface area contributed by atoms with E-state index in [2.05, 4.69) is 10.3 Å². The lowest BCUT2D eigenvalue weighted by atomic mass is 9.56. The molecule has 2 atom stereocenters.